The fraction of sp³-hybridized carbons (Fsp3) is 0.467. The van der Waals surface area contributed by atoms with Crippen LogP contribution in [0.25, 0.3) is 0 Å². The van der Waals surface area contributed by atoms with Crippen molar-refractivity contribution < 1.29 is 28.5 Å². The molecule has 0 unspecified atom stereocenters. The summed E-state index contributed by atoms with van der Waals surface area (Å²) >= 11 is 0. The molecular formula is C15H22N2O6. The highest BCUT2D eigenvalue weighted by Crippen LogP contribution is 1.99. The SMILES string of the molecule is COCCOCCOCC(=O)NNC(=O)OCc1ccccc1. The highest BCUT2D eigenvalue weighted by molar-refractivity contribution is 5.79. The minimum absolute atomic E-state index is 0.123. The van der Waals surface area contributed by atoms with E-state index in [1.54, 1.807) is 7.11 Å². The molecule has 2 amide bonds. The lowest BCUT2D eigenvalue weighted by molar-refractivity contribution is -0.127. The second kappa shape index (κ2) is 12.4. The Morgan fingerprint density at radius 1 is 0.957 bits per heavy atom. The first kappa shape index (κ1) is 18.9. The summed E-state index contributed by atoms with van der Waals surface area (Å²) in [5.41, 5.74) is 5.17. The number of benzene rings is 1. The standard InChI is InChI=1S/C15H22N2O6/c1-20-7-8-21-9-10-22-12-14(18)16-17-15(19)23-11-13-5-3-2-4-6-13/h2-6H,7-12H2,1H3,(H,16,18)(H,17,19). The number of carbonyl (C=O) groups is 2. The third kappa shape index (κ3) is 10.2. The van der Waals surface area contributed by atoms with Gasteiger partial charge in [-0.15, -0.1) is 0 Å². The van der Waals surface area contributed by atoms with Crippen LogP contribution in [0.5, 0.6) is 0 Å². The molecule has 0 aliphatic rings. The molecule has 0 aromatic heterocycles. The zero-order valence-electron chi connectivity index (χ0n) is 13.1. The smallest absolute Gasteiger partial charge is 0.426 e. The number of hydrogen-bond acceptors (Lipinski definition) is 6. The van der Waals surface area contributed by atoms with E-state index in [1.807, 2.05) is 30.3 Å². The average molecular weight is 326 g/mol. The summed E-state index contributed by atoms with van der Waals surface area (Å²) in [6.45, 7) is 1.56. The van der Waals surface area contributed by atoms with Crippen LogP contribution >= 0.6 is 0 Å². The molecule has 0 radical (unpaired) electrons. The lowest BCUT2D eigenvalue weighted by atomic mass is 10.2. The van der Waals surface area contributed by atoms with Crippen molar-refractivity contribution in [2.75, 3.05) is 40.1 Å². The zero-order chi connectivity index (χ0) is 16.8. The highest BCUT2D eigenvalue weighted by Gasteiger charge is 2.05. The van der Waals surface area contributed by atoms with Crippen LogP contribution < -0.4 is 10.9 Å². The van der Waals surface area contributed by atoms with Crippen molar-refractivity contribution in [2.24, 2.45) is 0 Å². The van der Waals surface area contributed by atoms with Gasteiger partial charge >= 0.3 is 6.09 Å². The van der Waals surface area contributed by atoms with Crippen molar-refractivity contribution in [1.29, 1.82) is 0 Å². The Hall–Kier alpha value is -2.16. The number of hydrazine groups is 1. The first-order chi connectivity index (χ1) is 11.2. The molecule has 1 aromatic rings. The van der Waals surface area contributed by atoms with Crippen LogP contribution in [0.2, 0.25) is 0 Å². The maximum atomic E-state index is 11.4. The largest absolute Gasteiger partial charge is 0.443 e. The second-order valence-electron chi connectivity index (χ2n) is 4.39. The minimum Gasteiger partial charge on any atom is -0.443 e. The normalized spacial score (nSPS) is 10.1. The van der Waals surface area contributed by atoms with Gasteiger partial charge in [0.05, 0.1) is 26.4 Å². The van der Waals surface area contributed by atoms with Crippen molar-refractivity contribution in [3.8, 4) is 0 Å². The molecule has 23 heavy (non-hydrogen) atoms. The summed E-state index contributed by atoms with van der Waals surface area (Å²) < 4.78 is 20.0. The lowest BCUT2D eigenvalue weighted by Crippen LogP contribution is -2.43. The number of carbonyl (C=O) groups excluding carboxylic acids is 2. The Bertz CT molecular complexity index is 455. The van der Waals surface area contributed by atoms with E-state index in [9.17, 15) is 9.59 Å². The Balaban J connectivity index is 1.99. The van der Waals surface area contributed by atoms with Crippen molar-refractivity contribution in [2.45, 2.75) is 6.61 Å². The molecule has 0 saturated carbocycles. The molecule has 8 nitrogen and oxygen atoms in total. The van der Waals surface area contributed by atoms with E-state index in [1.165, 1.54) is 0 Å². The number of nitrogens with one attached hydrogen (secondary N) is 2. The van der Waals surface area contributed by atoms with Crippen molar-refractivity contribution in [3.05, 3.63) is 35.9 Å². The summed E-state index contributed by atoms with van der Waals surface area (Å²) in [5.74, 6) is -0.487. The van der Waals surface area contributed by atoms with Crippen LogP contribution in [0.15, 0.2) is 30.3 Å². The summed E-state index contributed by atoms with van der Waals surface area (Å²) in [6, 6.07) is 9.21. The average Bonchev–Trinajstić information content (AvgIpc) is 2.58. The molecule has 2 N–H and O–H groups in total. The molecule has 0 atom stereocenters. The first-order valence-electron chi connectivity index (χ1n) is 7.12. The number of hydrogen-bond donors (Lipinski definition) is 2. The highest BCUT2D eigenvalue weighted by atomic mass is 16.6. The molecular weight excluding hydrogens is 304 g/mol. The summed E-state index contributed by atoms with van der Waals surface area (Å²) in [7, 11) is 1.59. The molecule has 1 rings (SSSR count). The Morgan fingerprint density at radius 2 is 1.65 bits per heavy atom. The monoisotopic (exact) mass is 326 g/mol. The first-order valence-corrected chi connectivity index (χ1v) is 7.12. The van der Waals surface area contributed by atoms with Gasteiger partial charge in [0.2, 0.25) is 0 Å². The summed E-state index contributed by atoms with van der Waals surface area (Å²) in [6.07, 6.45) is -0.745. The van der Waals surface area contributed by atoms with Crippen LogP contribution in [0.4, 0.5) is 4.79 Å². The van der Waals surface area contributed by atoms with Crippen LogP contribution in [0.1, 0.15) is 5.56 Å². The number of methoxy groups -OCH3 is 1. The fourth-order valence-corrected chi connectivity index (χ4v) is 1.44. The third-order valence-electron chi connectivity index (χ3n) is 2.55. The fourth-order valence-electron chi connectivity index (χ4n) is 1.44. The molecule has 0 aliphatic heterocycles. The van der Waals surface area contributed by atoms with Gasteiger partial charge in [-0.05, 0) is 5.56 Å². The van der Waals surface area contributed by atoms with E-state index in [0.717, 1.165) is 5.56 Å². The van der Waals surface area contributed by atoms with Crippen LogP contribution in [-0.2, 0) is 30.3 Å². The molecule has 0 aliphatic carbocycles. The van der Waals surface area contributed by atoms with Gasteiger partial charge in [-0.1, -0.05) is 30.3 Å². The Morgan fingerprint density at radius 3 is 2.39 bits per heavy atom. The van der Waals surface area contributed by atoms with Gasteiger partial charge in [0.15, 0.2) is 0 Å². The van der Waals surface area contributed by atoms with Crippen LogP contribution in [-0.4, -0.2) is 52.1 Å². The molecule has 128 valence electrons. The summed E-state index contributed by atoms with van der Waals surface area (Å²) in [5, 5.41) is 0. The van der Waals surface area contributed by atoms with Gasteiger partial charge in [-0.3, -0.25) is 10.2 Å². The molecule has 0 fully saturated rings. The van der Waals surface area contributed by atoms with Crippen molar-refractivity contribution in [3.63, 3.8) is 0 Å². The van der Waals surface area contributed by atoms with Gasteiger partial charge in [0.1, 0.15) is 13.2 Å². The number of amides is 2. The Labute approximate surface area is 135 Å². The van der Waals surface area contributed by atoms with Gasteiger partial charge < -0.3 is 18.9 Å². The molecule has 0 saturated heterocycles. The van der Waals surface area contributed by atoms with Crippen molar-refractivity contribution >= 4 is 12.0 Å². The molecule has 0 heterocycles. The maximum Gasteiger partial charge on any atom is 0.426 e. The van der Waals surface area contributed by atoms with Gasteiger partial charge in [0.25, 0.3) is 5.91 Å². The predicted molar refractivity (Wildman–Crippen MR) is 81.4 cm³/mol. The lowest BCUT2D eigenvalue weighted by Gasteiger charge is -2.09. The Kier molecular flexibility index (Phi) is 10.2. The number of rotatable bonds is 10. The van der Waals surface area contributed by atoms with E-state index >= 15 is 0 Å². The van der Waals surface area contributed by atoms with Gasteiger partial charge in [-0.25, -0.2) is 10.2 Å². The van der Waals surface area contributed by atoms with E-state index in [-0.39, 0.29) is 19.8 Å². The quantitative estimate of drug-likeness (QED) is 0.483. The zero-order valence-corrected chi connectivity index (χ0v) is 13.1. The van der Waals surface area contributed by atoms with Gasteiger partial charge in [-0.2, -0.15) is 0 Å². The third-order valence-corrected chi connectivity index (χ3v) is 2.55. The summed E-state index contributed by atoms with van der Waals surface area (Å²) in [4.78, 5) is 22.8. The van der Waals surface area contributed by atoms with E-state index in [2.05, 4.69) is 10.9 Å². The molecule has 0 spiro atoms. The van der Waals surface area contributed by atoms with Gasteiger partial charge in [0, 0.05) is 7.11 Å². The van der Waals surface area contributed by atoms with Crippen LogP contribution in [0.3, 0.4) is 0 Å². The molecule has 0 bridgehead atoms. The van der Waals surface area contributed by atoms with E-state index < -0.39 is 12.0 Å². The van der Waals surface area contributed by atoms with E-state index in [4.69, 9.17) is 18.9 Å². The number of ether oxygens (including phenoxy) is 4. The molecule has 8 heteroatoms. The topological polar surface area (TPSA) is 95.1 Å². The second-order valence-corrected chi connectivity index (χ2v) is 4.39. The van der Waals surface area contributed by atoms with Crippen molar-refractivity contribution in [1.82, 2.24) is 10.9 Å². The predicted octanol–water partition coefficient (Wildman–Crippen LogP) is 0.624. The van der Waals surface area contributed by atoms with E-state index in [0.29, 0.717) is 19.8 Å². The van der Waals surface area contributed by atoms with Crippen LogP contribution in [0, 0.1) is 0 Å². The minimum atomic E-state index is -0.745. The maximum absolute atomic E-state index is 11.4. The molecule has 1 aromatic carbocycles.